The Hall–Kier alpha value is -1.29. The summed E-state index contributed by atoms with van der Waals surface area (Å²) in [5, 5.41) is 3.65. The third-order valence-electron chi connectivity index (χ3n) is 2.43. The van der Waals surface area contributed by atoms with Gasteiger partial charge in [0, 0.05) is 26.3 Å². The Morgan fingerprint density at radius 2 is 1.65 bits per heavy atom. The van der Waals surface area contributed by atoms with Gasteiger partial charge in [0.1, 0.15) is 0 Å². The molecule has 1 N–H and O–H groups in total. The van der Waals surface area contributed by atoms with Crippen molar-refractivity contribution in [3.63, 3.8) is 0 Å². The molecule has 0 saturated carbocycles. The highest BCUT2D eigenvalue weighted by atomic mass is 79.9. The highest BCUT2D eigenvalue weighted by Crippen LogP contribution is 2.22. The van der Waals surface area contributed by atoms with Crippen molar-refractivity contribution in [2.75, 3.05) is 5.32 Å². The highest BCUT2D eigenvalue weighted by Gasteiger charge is 2.01. The second kappa shape index (κ2) is 6.93. The average Bonchev–Trinajstić information content (AvgIpc) is 2.37. The van der Waals surface area contributed by atoms with E-state index in [2.05, 4.69) is 21.2 Å². The second-order valence-electron chi connectivity index (χ2n) is 4.03. The predicted octanol–water partition coefficient (Wildman–Crippen LogP) is 5.41. The molecule has 0 saturated heterocycles. The van der Waals surface area contributed by atoms with Gasteiger partial charge in [-0.3, -0.25) is 4.79 Å². The first-order valence-electron chi connectivity index (χ1n) is 5.74. The van der Waals surface area contributed by atoms with Crippen LogP contribution in [0.4, 0.5) is 5.69 Å². The van der Waals surface area contributed by atoms with Crippen LogP contribution in [0.5, 0.6) is 0 Å². The van der Waals surface area contributed by atoms with E-state index in [0.29, 0.717) is 15.7 Å². The third kappa shape index (κ3) is 4.67. The van der Waals surface area contributed by atoms with Crippen LogP contribution in [-0.4, -0.2) is 5.91 Å². The molecule has 2 rings (SSSR count). The number of nitrogens with one attached hydrogen (secondary N) is 1. The van der Waals surface area contributed by atoms with E-state index in [9.17, 15) is 4.79 Å². The molecule has 20 heavy (non-hydrogen) atoms. The molecule has 0 aromatic heterocycles. The fraction of sp³-hybridized carbons (Fsp3) is 0. The summed E-state index contributed by atoms with van der Waals surface area (Å²) in [7, 11) is 0. The van der Waals surface area contributed by atoms with E-state index in [0.717, 1.165) is 10.0 Å². The van der Waals surface area contributed by atoms with Gasteiger partial charge in [0.15, 0.2) is 0 Å². The number of anilines is 1. The largest absolute Gasteiger partial charge is 0.322 e. The van der Waals surface area contributed by atoms with E-state index in [1.54, 1.807) is 24.3 Å². The maximum Gasteiger partial charge on any atom is 0.248 e. The van der Waals surface area contributed by atoms with Gasteiger partial charge in [-0.05, 0) is 42.0 Å². The molecule has 0 aliphatic rings. The molecule has 0 spiro atoms. The van der Waals surface area contributed by atoms with Crippen LogP contribution in [0.1, 0.15) is 5.56 Å². The monoisotopic (exact) mass is 369 g/mol. The molecule has 0 aliphatic carbocycles. The van der Waals surface area contributed by atoms with Crippen LogP contribution in [0.3, 0.4) is 0 Å². The zero-order valence-corrected chi connectivity index (χ0v) is 13.3. The molecule has 0 bridgehead atoms. The fourth-order valence-electron chi connectivity index (χ4n) is 1.56. The van der Waals surface area contributed by atoms with E-state index in [1.807, 2.05) is 24.3 Å². The van der Waals surface area contributed by atoms with Crippen LogP contribution in [0.2, 0.25) is 10.0 Å². The molecule has 0 atom stereocenters. The van der Waals surface area contributed by atoms with Crippen LogP contribution in [0.15, 0.2) is 53.0 Å². The minimum Gasteiger partial charge on any atom is -0.322 e. The molecule has 2 aromatic carbocycles. The summed E-state index contributed by atoms with van der Waals surface area (Å²) in [5.74, 6) is -0.244. The van der Waals surface area contributed by atoms with Crippen LogP contribution in [-0.2, 0) is 4.79 Å². The molecule has 0 fully saturated rings. The van der Waals surface area contributed by atoms with Gasteiger partial charge in [-0.25, -0.2) is 0 Å². The SMILES string of the molecule is O=C(C=Cc1ccc(Br)cc1)Nc1cc(Cl)cc(Cl)c1. The lowest BCUT2D eigenvalue weighted by atomic mass is 10.2. The molecule has 0 unspecified atom stereocenters. The third-order valence-corrected chi connectivity index (χ3v) is 3.39. The van der Waals surface area contributed by atoms with Gasteiger partial charge >= 0.3 is 0 Å². The molecule has 2 aromatic rings. The van der Waals surface area contributed by atoms with Crippen molar-refractivity contribution in [3.05, 3.63) is 68.6 Å². The van der Waals surface area contributed by atoms with Crippen molar-refractivity contribution in [2.24, 2.45) is 0 Å². The normalized spacial score (nSPS) is 10.8. The zero-order valence-electron chi connectivity index (χ0n) is 10.2. The first-order chi connectivity index (χ1) is 9.52. The minimum atomic E-state index is -0.244. The number of hydrogen-bond acceptors (Lipinski definition) is 1. The number of carbonyl (C=O) groups excluding carboxylic acids is 1. The smallest absolute Gasteiger partial charge is 0.248 e. The lowest BCUT2D eigenvalue weighted by Crippen LogP contribution is -2.07. The van der Waals surface area contributed by atoms with Gasteiger partial charge in [0.25, 0.3) is 0 Å². The molecular formula is C15H10BrCl2NO. The molecule has 2 nitrogen and oxygen atoms in total. The first-order valence-corrected chi connectivity index (χ1v) is 7.28. The number of hydrogen-bond donors (Lipinski definition) is 1. The number of rotatable bonds is 3. The summed E-state index contributed by atoms with van der Waals surface area (Å²) in [6, 6.07) is 12.5. The van der Waals surface area contributed by atoms with E-state index in [4.69, 9.17) is 23.2 Å². The predicted molar refractivity (Wildman–Crippen MR) is 88.3 cm³/mol. The first kappa shape index (κ1) is 15.1. The van der Waals surface area contributed by atoms with Gasteiger partial charge in [-0.1, -0.05) is 51.3 Å². The summed E-state index contributed by atoms with van der Waals surface area (Å²) in [4.78, 5) is 11.8. The summed E-state index contributed by atoms with van der Waals surface area (Å²) < 4.78 is 0.993. The number of halogens is 3. The van der Waals surface area contributed by atoms with Gasteiger partial charge < -0.3 is 5.32 Å². The van der Waals surface area contributed by atoms with Gasteiger partial charge in [-0.2, -0.15) is 0 Å². The molecule has 0 heterocycles. The van der Waals surface area contributed by atoms with Gasteiger partial charge in [-0.15, -0.1) is 0 Å². The molecule has 1 amide bonds. The molecule has 102 valence electrons. The topological polar surface area (TPSA) is 29.1 Å². The van der Waals surface area contributed by atoms with Gasteiger partial charge in [0.05, 0.1) is 0 Å². The average molecular weight is 371 g/mol. The van der Waals surface area contributed by atoms with E-state index in [-0.39, 0.29) is 5.91 Å². The Labute approximate surface area is 135 Å². The minimum absolute atomic E-state index is 0.244. The second-order valence-corrected chi connectivity index (χ2v) is 5.82. The van der Waals surface area contributed by atoms with Crippen LogP contribution in [0, 0.1) is 0 Å². The van der Waals surface area contributed by atoms with Crippen molar-refractivity contribution < 1.29 is 4.79 Å². The van der Waals surface area contributed by atoms with Gasteiger partial charge in [0.2, 0.25) is 5.91 Å². The molecule has 0 aliphatic heterocycles. The van der Waals surface area contributed by atoms with Crippen molar-refractivity contribution in [2.45, 2.75) is 0 Å². The summed E-state index contributed by atoms with van der Waals surface area (Å²) in [6.45, 7) is 0. The summed E-state index contributed by atoms with van der Waals surface area (Å²) >= 11 is 15.1. The highest BCUT2D eigenvalue weighted by molar-refractivity contribution is 9.10. The lowest BCUT2D eigenvalue weighted by Gasteiger charge is -2.03. The van der Waals surface area contributed by atoms with E-state index < -0.39 is 0 Å². The van der Waals surface area contributed by atoms with E-state index in [1.165, 1.54) is 6.08 Å². The van der Waals surface area contributed by atoms with Crippen LogP contribution >= 0.6 is 39.1 Å². The van der Waals surface area contributed by atoms with Crippen molar-refractivity contribution in [1.29, 1.82) is 0 Å². The number of benzene rings is 2. The number of amides is 1. The quantitative estimate of drug-likeness (QED) is 0.719. The lowest BCUT2D eigenvalue weighted by molar-refractivity contribution is -0.111. The van der Waals surface area contributed by atoms with E-state index >= 15 is 0 Å². The number of carbonyl (C=O) groups is 1. The van der Waals surface area contributed by atoms with Crippen LogP contribution in [0.25, 0.3) is 6.08 Å². The summed E-state index contributed by atoms with van der Waals surface area (Å²) in [5.41, 5.74) is 1.50. The molecule has 0 radical (unpaired) electrons. The maximum atomic E-state index is 11.8. The standard InChI is InChI=1S/C15H10BrCl2NO/c16-11-4-1-10(2-5-11)3-6-15(20)19-14-8-12(17)7-13(18)9-14/h1-9H,(H,19,20). The Kier molecular flexibility index (Phi) is 5.24. The van der Waals surface area contributed by atoms with Crippen molar-refractivity contribution in [1.82, 2.24) is 0 Å². The maximum absolute atomic E-state index is 11.8. The molecule has 5 heteroatoms. The fourth-order valence-corrected chi connectivity index (χ4v) is 2.35. The zero-order chi connectivity index (χ0) is 14.5. The summed E-state index contributed by atoms with van der Waals surface area (Å²) in [6.07, 6.45) is 3.19. The van der Waals surface area contributed by atoms with Crippen molar-refractivity contribution in [3.8, 4) is 0 Å². The Morgan fingerprint density at radius 3 is 2.25 bits per heavy atom. The van der Waals surface area contributed by atoms with Crippen LogP contribution < -0.4 is 5.32 Å². The Morgan fingerprint density at radius 1 is 1.05 bits per heavy atom. The Balaban J connectivity index is 2.03. The Bertz CT molecular complexity index is 633. The molecular weight excluding hydrogens is 361 g/mol. The van der Waals surface area contributed by atoms with Crippen molar-refractivity contribution >= 4 is 56.8 Å².